The van der Waals surface area contributed by atoms with Gasteiger partial charge in [-0.05, 0) is 40.8 Å². The quantitative estimate of drug-likeness (QED) is 0.677. The van der Waals surface area contributed by atoms with Crippen LogP contribution >= 0.6 is 11.3 Å². The van der Waals surface area contributed by atoms with Gasteiger partial charge < -0.3 is 15.3 Å². The fourth-order valence-corrected chi connectivity index (χ4v) is 5.25. The van der Waals surface area contributed by atoms with Gasteiger partial charge in [-0.15, -0.1) is 11.3 Å². The maximum absolute atomic E-state index is 12.8. The lowest BCUT2D eigenvalue weighted by Crippen LogP contribution is -2.50. The van der Waals surface area contributed by atoms with E-state index in [-0.39, 0.29) is 12.6 Å². The van der Waals surface area contributed by atoms with Crippen molar-refractivity contribution in [3.8, 4) is 10.4 Å². The Morgan fingerprint density at radius 3 is 2.77 bits per heavy atom. The highest BCUT2D eigenvalue weighted by atomic mass is 32.1. The zero-order chi connectivity index (χ0) is 20.5. The lowest BCUT2D eigenvalue weighted by atomic mass is 10.0. The highest BCUT2D eigenvalue weighted by Crippen LogP contribution is 2.39. The number of aliphatic hydroxyl groups excluding tert-OH is 1. The monoisotopic (exact) mass is 420 g/mol. The number of β-amino-alcohol motifs (C(OH)–C–C–N with tert-alkyl or cyclic N) is 1. The van der Waals surface area contributed by atoms with Gasteiger partial charge >= 0.3 is 6.03 Å². The summed E-state index contributed by atoms with van der Waals surface area (Å²) in [7, 11) is 0. The van der Waals surface area contributed by atoms with Crippen LogP contribution in [0, 0.1) is 0 Å². The first-order chi connectivity index (χ1) is 14.7. The molecule has 1 fully saturated rings. The van der Waals surface area contributed by atoms with Crippen LogP contribution in [0.5, 0.6) is 0 Å². The second-order valence-corrected chi connectivity index (χ2v) is 8.78. The standard InChI is InChI=1S/C23H24N4O2S/c28-10-9-26-5-7-27(8-6-26)23(29)25-18-11-17-14-24-15-20(17)19(13-18)22-12-16-3-1-2-4-21(16)30-22/h1-4,11-14,28H,5-10,15H2,(H,25,29). The maximum atomic E-state index is 12.8. The molecule has 2 aliphatic rings. The average Bonchev–Trinajstić information content (AvgIpc) is 3.40. The minimum atomic E-state index is -0.0733. The predicted molar refractivity (Wildman–Crippen MR) is 123 cm³/mol. The molecule has 0 saturated carbocycles. The number of amides is 2. The summed E-state index contributed by atoms with van der Waals surface area (Å²) in [5.41, 5.74) is 4.25. The van der Waals surface area contributed by atoms with Gasteiger partial charge in [0.1, 0.15) is 0 Å². The van der Waals surface area contributed by atoms with Gasteiger partial charge in [0.2, 0.25) is 0 Å². The van der Waals surface area contributed by atoms with E-state index in [2.05, 4.69) is 51.6 Å². The van der Waals surface area contributed by atoms with Gasteiger partial charge in [0.25, 0.3) is 0 Å². The van der Waals surface area contributed by atoms with Crippen LogP contribution in [0.4, 0.5) is 10.5 Å². The van der Waals surface area contributed by atoms with Crippen molar-refractivity contribution in [2.45, 2.75) is 6.54 Å². The number of nitrogens with one attached hydrogen (secondary N) is 1. The molecule has 0 radical (unpaired) electrons. The first-order valence-corrected chi connectivity index (χ1v) is 11.1. The van der Waals surface area contributed by atoms with Crippen molar-refractivity contribution in [1.29, 1.82) is 0 Å². The van der Waals surface area contributed by atoms with E-state index in [0.717, 1.165) is 29.9 Å². The van der Waals surface area contributed by atoms with Gasteiger partial charge in [0.15, 0.2) is 0 Å². The largest absolute Gasteiger partial charge is 0.395 e. The molecular weight excluding hydrogens is 396 g/mol. The van der Waals surface area contributed by atoms with E-state index < -0.39 is 0 Å². The van der Waals surface area contributed by atoms with E-state index in [1.165, 1.54) is 20.5 Å². The lowest BCUT2D eigenvalue weighted by molar-refractivity contribution is 0.127. The van der Waals surface area contributed by atoms with E-state index >= 15 is 0 Å². The van der Waals surface area contributed by atoms with Gasteiger partial charge in [-0.2, -0.15) is 0 Å². The van der Waals surface area contributed by atoms with Crippen molar-refractivity contribution < 1.29 is 9.90 Å². The Kier molecular flexibility index (Phi) is 5.25. The van der Waals surface area contributed by atoms with Crippen LogP contribution in [0.25, 0.3) is 20.5 Å². The summed E-state index contributed by atoms with van der Waals surface area (Å²) < 4.78 is 1.26. The van der Waals surface area contributed by atoms with Crippen molar-refractivity contribution >= 4 is 39.4 Å². The summed E-state index contributed by atoms with van der Waals surface area (Å²) in [6.07, 6.45) is 1.90. The van der Waals surface area contributed by atoms with E-state index in [1.54, 1.807) is 11.3 Å². The van der Waals surface area contributed by atoms with Gasteiger partial charge in [0.05, 0.1) is 13.2 Å². The van der Waals surface area contributed by atoms with Crippen molar-refractivity contribution in [2.24, 2.45) is 4.99 Å². The highest BCUT2D eigenvalue weighted by Gasteiger charge is 2.22. The van der Waals surface area contributed by atoms with E-state index in [1.807, 2.05) is 17.2 Å². The molecular formula is C23H24N4O2S. The molecule has 7 heteroatoms. The van der Waals surface area contributed by atoms with Gasteiger partial charge in [-0.3, -0.25) is 9.89 Å². The van der Waals surface area contributed by atoms with Crippen LogP contribution in [0.1, 0.15) is 11.1 Å². The number of rotatable bonds is 4. The number of nitrogens with zero attached hydrogens (tertiary/aromatic N) is 3. The van der Waals surface area contributed by atoms with Crippen LogP contribution in [0.2, 0.25) is 0 Å². The molecule has 0 atom stereocenters. The van der Waals surface area contributed by atoms with Crippen molar-refractivity contribution in [3.05, 3.63) is 53.6 Å². The second-order valence-electron chi connectivity index (χ2n) is 7.69. The smallest absolute Gasteiger partial charge is 0.321 e. The molecule has 0 unspecified atom stereocenters. The summed E-state index contributed by atoms with van der Waals surface area (Å²) >= 11 is 1.77. The molecule has 0 spiro atoms. The SMILES string of the molecule is O=C(Nc1cc2c(c(-c3cc4ccccc4s3)c1)CN=C2)N1CCN(CCO)CC1. The Bertz CT molecular complexity index is 1080. The number of aliphatic hydroxyl groups is 1. The molecule has 1 saturated heterocycles. The topological polar surface area (TPSA) is 68.2 Å². The Morgan fingerprint density at radius 2 is 1.97 bits per heavy atom. The van der Waals surface area contributed by atoms with Crippen LogP contribution in [0.15, 0.2) is 47.5 Å². The molecule has 1 aromatic heterocycles. The average molecular weight is 421 g/mol. The zero-order valence-corrected chi connectivity index (χ0v) is 17.5. The predicted octanol–water partition coefficient (Wildman–Crippen LogP) is 3.64. The number of carbonyl (C=O) groups is 1. The molecule has 5 rings (SSSR count). The number of urea groups is 1. The summed E-state index contributed by atoms with van der Waals surface area (Å²) in [5.74, 6) is 0. The number of benzene rings is 2. The molecule has 2 aliphatic heterocycles. The highest BCUT2D eigenvalue weighted by molar-refractivity contribution is 7.22. The summed E-state index contributed by atoms with van der Waals surface area (Å²) in [6.45, 7) is 4.42. The third-order valence-electron chi connectivity index (χ3n) is 5.78. The number of hydrogen-bond donors (Lipinski definition) is 2. The minimum Gasteiger partial charge on any atom is -0.395 e. The Hall–Kier alpha value is -2.74. The van der Waals surface area contributed by atoms with Crippen LogP contribution in [-0.2, 0) is 6.54 Å². The zero-order valence-electron chi connectivity index (χ0n) is 16.7. The molecule has 3 aromatic rings. The summed E-state index contributed by atoms with van der Waals surface area (Å²) in [4.78, 5) is 22.5. The van der Waals surface area contributed by atoms with E-state index in [4.69, 9.17) is 5.11 Å². The van der Waals surface area contributed by atoms with E-state index in [9.17, 15) is 4.79 Å². The molecule has 3 heterocycles. The van der Waals surface area contributed by atoms with Crippen LogP contribution in [-0.4, -0.2) is 66.5 Å². The second kappa shape index (κ2) is 8.18. The van der Waals surface area contributed by atoms with Gasteiger partial charge in [-0.1, -0.05) is 18.2 Å². The van der Waals surface area contributed by atoms with Gasteiger partial charge in [-0.25, -0.2) is 4.79 Å². The molecule has 0 bridgehead atoms. The number of aliphatic imine (C=N–C) groups is 1. The molecule has 2 amide bonds. The first kappa shape index (κ1) is 19.2. The van der Waals surface area contributed by atoms with Crippen LogP contribution in [0.3, 0.4) is 0 Å². The fourth-order valence-electron chi connectivity index (χ4n) is 4.15. The Labute approximate surface area is 179 Å². The lowest BCUT2D eigenvalue weighted by Gasteiger charge is -2.34. The number of carbonyl (C=O) groups excluding carboxylic acids is 1. The maximum Gasteiger partial charge on any atom is 0.321 e. The van der Waals surface area contributed by atoms with Crippen LogP contribution < -0.4 is 5.32 Å². The summed E-state index contributed by atoms with van der Waals surface area (Å²) in [5, 5.41) is 13.4. The number of hydrogen-bond acceptors (Lipinski definition) is 5. The van der Waals surface area contributed by atoms with Gasteiger partial charge in [0, 0.05) is 59.8 Å². The third kappa shape index (κ3) is 3.71. The van der Waals surface area contributed by atoms with Crippen molar-refractivity contribution in [2.75, 3.05) is 44.6 Å². The Balaban J connectivity index is 1.39. The van der Waals surface area contributed by atoms with E-state index in [0.29, 0.717) is 26.2 Å². The Morgan fingerprint density at radius 1 is 1.13 bits per heavy atom. The molecule has 0 aliphatic carbocycles. The molecule has 30 heavy (non-hydrogen) atoms. The fraction of sp³-hybridized carbons (Fsp3) is 0.304. The number of piperazine rings is 1. The van der Waals surface area contributed by atoms with Crippen molar-refractivity contribution in [3.63, 3.8) is 0 Å². The molecule has 2 N–H and O–H groups in total. The first-order valence-electron chi connectivity index (χ1n) is 10.3. The number of fused-ring (bicyclic) bond motifs is 2. The minimum absolute atomic E-state index is 0.0733. The summed E-state index contributed by atoms with van der Waals surface area (Å²) in [6, 6.07) is 14.6. The number of thiophene rings is 1. The molecule has 154 valence electrons. The molecule has 2 aromatic carbocycles. The normalized spacial score (nSPS) is 16.2. The number of anilines is 1. The van der Waals surface area contributed by atoms with Crippen molar-refractivity contribution in [1.82, 2.24) is 9.80 Å². The molecule has 6 nitrogen and oxygen atoms in total. The third-order valence-corrected chi connectivity index (χ3v) is 6.93.